The number of imidazole rings is 2. The van der Waals surface area contributed by atoms with Crippen LogP contribution in [0.4, 0.5) is 4.79 Å². The zero-order valence-electron chi connectivity index (χ0n) is 17.8. The minimum atomic E-state index is -4.70. The summed E-state index contributed by atoms with van der Waals surface area (Å²) in [6, 6.07) is 0. The van der Waals surface area contributed by atoms with E-state index in [0.29, 0.717) is 6.54 Å². The van der Waals surface area contributed by atoms with Crippen molar-refractivity contribution in [3.63, 3.8) is 0 Å². The Morgan fingerprint density at radius 2 is 1.56 bits per heavy atom. The molecule has 2 aromatic rings. The second kappa shape index (κ2) is 14.0. The van der Waals surface area contributed by atoms with Crippen LogP contribution in [0.1, 0.15) is 0 Å². The lowest BCUT2D eigenvalue weighted by molar-refractivity contribution is -0.698. The van der Waals surface area contributed by atoms with E-state index in [0.717, 1.165) is 4.57 Å². The van der Waals surface area contributed by atoms with E-state index in [1.807, 2.05) is 0 Å². The Morgan fingerprint density at radius 3 is 2.15 bits per heavy atom. The molecule has 14 nitrogen and oxygen atoms in total. The van der Waals surface area contributed by atoms with E-state index < -0.39 is 26.6 Å². The Bertz CT molecular complexity index is 1220. The summed E-state index contributed by atoms with van der Waals surface area (Å²) in [5, 5.41) is 0. The molecule has 2 rings (SSSR count). The van der Waals surface area contributed by atoms with Gasteiger partial charge in [-0.1, -0.05) is 16.6 Å². The molecule has 0 amide bonds. The predicted molar refractivity (Wildman–Crippen MR) is 113 cm³/mol. The van der Waals surface area contributed by atoms with Crippen molar-refractivity contribution >= 4 is 32.4 Å². The Hall–Kier alpha value is -3.38. The Balaban J connectivity index is 0.000000342. The summed E-state index contributed by atoms with van der Waals surface area (Å²) in [5.41, 5.74) is 0. The van der Waals surface area contributed by atoms with Crippen LogP contribution in [0.15, 0.2) is 37.4 Å². The molecule has 0 aliphatic carbocycles. The summed E-state index contributed by atoms with van der Waals surface area (Å²) in [5.74, 6) is 7.30. The van der Waals surface area contributed by atoms with Crippen LogP contribution in [-0.4, -0.2) is 69.4 Å². The molecule has 2 aromatic heterocycles. The molecular weight excluding hydrogens is 496 g/mol. The van der Waals surface area contributed by atoms with E-state index in [9.17, 15) is 26.5 Å². The van der Waals surface area contributed by atoms with Crippen LogP contribution in [0.25, 0.3) is 0 Å². The number of rotatable bonds is 11. The third-order valence-electron chi connectivity index (χ3n) is 3.33. The first-order chi connectivity index (χ1) is 15.9. The first-order valence-corrected chi connectivity index (χ1v) is 12.0. The average Bonchev–Trinajstić information content (AvgIpc) is 3.39. The van der Waals surface area contributed by atoms with Gasteiger partial charge >= 0.3 is 6.09 Å². The standard InChI is InChI=1S/C9H10N2O6S.C9H12N2O4S/c1-2-6-16-9(12)11-4-3-10(8-11)5-7-17-18(13,14)15;1-3-7-14-11-5-4-10(9-11)6-8-15-16(2,12)13/h1,3-4,8H,5-7H2;1,4-5,9H,2,6-8H2. The first kappa shape index (κ1) is 28.7. The summed E-state index contributed by atoms with van der Waals surface area (Å²) in [4.78, 5) is 16.4. The summed E-state index contributed by atoms with van der Waals surface area (Å²) >= 11 is 0. The van der Waals surface area contributed by atoms with Gasteiger partial charge in [0.1, 0.15) is 44.9 Å². The van der Waals surface area contributed by atoms with E-state index in [2.05, 4.69) is 30.8 Å². The number of ether oxygens (including phenoxy) is 1. The topological polar surface area (TPSA) is 169 Å². The van der Waals surface area contributed by atoms with E-state index in [4.69, 9.17) is 17.7 Å². The van der Waals surface area contributed by atoms with Crippen molar-refractivity contribution in [3.8, 4) is 24.7 Å². The number of aromatic nitrogens is 4. The summed E-state index contributed by atoms with van der Waals surface area (Å²) in [6.07, 6.45) is 18.5. The van der Waals surface area contributed by atoms with Crippen molar-refractivity contribution in [2.24, 2.45) is 0 Å². The van der Waals surface area contributed by atoms with Gasteiger partial charge < -0.3 is 22.9 Å². The van der Waals surface area contributed by atoms with E-state index >= 15 is 0 Å². The highest BCUT2D eigenvalue weighted by Crippen LogP contribution is 1.90. The quantitative estimate of drug-likeness (QED) is 0.102. The Labute approximate surface area is 197 Å². The van der Waals surface area contributed by atoms with Gasteiger partial charge in [0.05, 0.1) is 0 Å². The highest BCUT2D eigenvalue weighted by atomic mass is 32.3. The lowest BCUT2D eigenvalue weighted by Gasteiger charge is -2.11. The average molecular weight is 519 g/mol. The third kappa shape index (κ3) is 13.2. The molecule has 1 unspecified atom stereocenters. The molecule has 0 radical (unpaired) electrons. The Morgan fingerprint density at radius 1 is 0.971 bits per heavy atom. The van der Waals surface area contributed by atoms with Gasteiger partial charge in [-0.05, 0) is 5.87 Å². The molecule has 186 valence electrons. The van der Waals surface area contributed by atoms with Crippen molar-refractivity contribution < 1.29 is 53.6 Å². The zero-order chi connectivity index (χ0) is 25.6. The summed E-state index contributed by atoms with van der Waals surface area (Å²) < 4.78 is 70.5. The van der Waals surface area contributed by atoms with Gasteiger partial charge in [-0.25, -0.2) is 17.6 Å². The lowest BCUT2D eigenvalue weighted by Crippen LogP contribution is -2.34. The van der Waals surface area contributed by atoms with Gasteiger partial charge in [-0.15, -0.1) is 17.4 Å². The highest BCUT2D eigenvalue weighted by molar-refractivity contribution is 7.90. The summed E-state index contributed by atoms with van der Waals surface area (Å²) in [7, 11) is -8.33. The van der Waals surface area contributed by atoms with Gasteiger partial charge in [-0.3, -0.25) is 8.39 Å². The number of carbonyl (C=O) groups is 1. The zero-order valence-corrected chi connectivity index (χ0v) is 19.4. The van der Waals surface area contributed by atoms with Gasteiger partial charge in [0.15, 0.2) is 19.4 Å². The van der Waals surface area contributed by atoms with Crippen LogP contribution in [0, 0.1) is 24.7 Å². The third-order valence-corrected chi connectivity index (χ3v) is 4.32. The smallest absolute Gasteiger partial charge is 0.512 e. The molecular formula is C18H22N4O10S2. The number of carbonyl (C=O) groups excluding carboxylic acids is 1. The molecule has 0 saturated heterocycles. The lowest BCUT2D eigenvalue weighted by atomic mass is 10.7. The first-order valence-electron chi connectivity index (χ1n) is 9.07. The Kier molecular flexibility index (Phi) is 11.8. The molecule has 0 aliphatic rings. The fraction of sp³-hybridized carbons (Fsp3) is 0.333. The molecule has 0 bridgehead atoms. The van der Waals surface area contributed by atoms with Crippen LogP contribution in [0.5, 0.6) is 0 Å². The van der Waals surface area contributed by atoms with Crippen LogP contribution < -0.4 is 14.0 Å². The minimum Gasteiger partial charge on any atom is -0.757 e. The van der Waals surface area contributed by atoms with Gasteiger partial charge in [0.2, 0.25) is 10.4 Å². The van der Waals surface area contributed by atoms with Crippen LogP contribution in [-0.2, 0) is 46.7 Å². The summed E-state index contributed by atoms with van der Waals surface area (Å²) in [6.45, 7) is 0.195. The second-order valence-electron chi connectivity index (χ2n) is 5.92. The normalized spacial score (nSPS) is 12.4. The largest absolute Gasteiger partial charge is 0.757 e. The minimum absolute atomic E-state index is 0.0235. The van der Waals surface area contributed by atoms with Crippen LogP contribution in [0.3, 0.4) is 0 Å². The maximum Gasteiger partial charge on any atom is 0.512 e. The molecule has 16 heteroatoms. The van der Waals surface area contributed by atoms with Gasteiger partial charge in [0.25, 0.3) is 12.7 Å². The van der Waals surface area contributed by atoms with Crippen molar-refractivity contribution in [2.75, 3.05) is 26.4 Å². The van der Waals surface area contributed by atoms with Gasteiger partial charge in [0, 0.05) is 10.1 Å². The van der Waals surface area contributed by atoms with Crippen molar-refractivity contribution in [1.82, 2.24) is 9.30 Å². The molecule has 0 aliphatic heterocycles. The maximum atomic E-state index is 11.3. The number of nitrogens with zero attached hydrogens (tertiary/aromatic N) is 4. The van der Waals surface area contributed by atoms with E-state index in [1.165, 1.54) is 28.0 Å². The van der Waals surface area contributed by atoms with E-state index in [-0.39, 0.29) is 33.0 Å². The van der Waals surface area contributed by atoms with E-state index in [1.54, 1.807) is 23.3 Å². The second-order valence-corrected chi connectivity index (χ2v) is 8.32. The molecule has 0 spiro atoms. The van der Waals surface area contributed by atoms with Crippen molar-refractivity contribution in [3.05, 3.63) is 37.4 Å². The molecule has 0 fully saturated rings. The highest BCUT2D eigenvalue weighted by Gasteiger charge is 2.13. The number of hydrogen-bond acceptors (Lipinski definition) is 10. The molecule has 34 heavy (non-hydrogen) atoms. The maximum absolute atomic E-state index is 11.3. The number of hydrogen-bond donors (Lipinski definition) is 0. The fourth-order valence-electron chi connectivity index (χ4n) is 2.02. The molecule has 0 saturated carbocycles. The molecule has 1 atom stereocenters. The monoisotopic (exact) mass is 518 g/mol. The molecule has 0 aromatic carbocycles. The van der Waals surface area contributed by atoms with Gasteiger partial charge in [-0.2, -0.15) is 4.79 Å². The van der Waals surface area contributed by atoms with Crippen LogP contribution in [0.2, 0.25) is 0 Å². The molecule has 2 heterocycles. The van der Waals surface area contributed by atoms with Crippen molar-refractivity contribution in [1.29, 1.82) is 0 Å². The molecule has 0 N–H and O–H groups in total. The van der Waals surface area contributed by atoms with Crippen LogP contribution >= 0.6 is 0 Å². The SMILES string of the molecule is C#CCOC(=O)n1cc[n+](CCOS(=O)(=O)[O-])c1.C#CCOn1cc[n+](CCOS(=C)(=O)[O-])c1. The predicted octanol–water partition coefficient (Wildman–Crippen LogP) is -2.51. The number of terminal acetylenes is 2. The van der Waals surface area contributed by atoms with Crippen molar-refractivity contribution in [2.45, 2.75) is 13.1 Å². The fourth-order valence-corrected chi connectivity index (χ4v) is 2.63.